The predicted octanol–water partition coefficient (Wildman–Crippen LogP) is 6.15. The van der Waals surface area contributed by atoms with Crippen LogP contribution in [0.5, 0.6) is 11.5 Å². The highest BCUT2D eigenvalue weighted by Gasteiger charge is 2.17. The van der Waals surface area contributed by atoms with Crippen molar-refractivity contribution in [3.05, 3.63) is 58.3 Å². The van der Waals surface area contributed by atoms with Crippen LogP contribution in [0.4, 0.5) is 5.69 Å². The standard InChI is InChI=1S/C23H24ClNO4/c1-6-28-22-15(4)23-18(14(3)12-29-23)11-17(22)13(2)9-21(26)25-16-7-8-20(27-5)19(24)10-16/h7-12H,6H2,1-5H3,(H,25,26)/b13-9+. The van der Waals surface area contributed by atoms with Crippen LogP contribution in [0.25, 0.3) is 16.5 Å². The second kappa shape index (κ2) is 8.62. The Bertz CT molecular complexity index is 1100. The number of fused-ring (bicyclic) bond motifs is 1. The lowest BCUT2D eigenvalue weighted by Gasteiger charge is -2.14. The largest absolute Gasteiger partial charge is 0.495 e. The number of methoxy groups -OCH3 is 1. The zero-order valence-corrected chi connectivity index (χ0v) is 17.9. The van der Waals surface area contributed by atoms with Gasteiger partial charge in [-0.2, -0.15) is 0 Å². The average molecular weight is 414 g/mol. The molecule has 0 aliphatic heterocycles. The Labute approximate surface area is 175 Å². The highest BCUT2D eigenvalue weighted by Crippen LogP contribution is 2.37. The zero-order valence-electron chi connectivity index (χ0n) is 17.2. The maximum Gasteiger partial charge on any atom is 0.248 e. The minimum absolute atomic E-state index is 0.257. The van der Waals surface area contributed by atoms with E-state index in [0.29, 0.717) is 23.1 Å². The van der Waals surface area contributed by atoms with E-state index in [1.165, 1.54) is 0 Å². The second-order valence-corrected chi connectivity index (χ2v) is 7.18. The number of benzene rings is 2. The van der Waals surface area contributed by atoms with Gasteiger partial charge in [0.15, 0.2) is 0 Å². The van der Waals surface area contributed by atoms with Crippen LogP contribution in [-0.2, 0) is 4.79 Å². The third-order valence-electron chi connectivity index (χ3n) is 4.72. The summed E-state index contributed by atoms with van der Waals surface area (Å²) in [7, 11) is 1.54. The van der Waals surface area contributed by atoms with Gasteiger partial charge in [-0.05, 0) is 63.1 Å². The lowest BCUT2D eigenvalue weighted by atomic mass is 9.98. The Morgan fingerprint density at radius 2 is 2.03 bits per heavy atom. The molecule has 3 rings (SSSR count). The first-order valence-electron chi connectivity index (χ1n) is 9.33. The predicted molar refractivity (Wildman–Crippen MR) is 117 cm³/mol. The van der Waals surface area contributed by atoms with Gasteiger partial charge in [0.2, 0.25) is 5.91 Å². The topological polar surface area (TPSA) is 60.7 Å². The van der Waals surface area contributed by atoms with E-state index in [-0.39, 0.29) is 5.91 Å². The quantitative estimate of drug-likeness (QED) is 0.492. The first kappa shape index (κ1) is 20.8. The Balaban J connectivity index is 1.95. The number of hydrogen-bond acceptors (Lipinski definition) is 4. The molecule has 0 spiro atoms. The van der Waals surface area contributed by atoms with E-state index in [1.54, 1.807) is 37.6 Å². The van der Waals surface area contributed by atoms with E-state index in [0.717, 1.165) is 39.0 Å². The summed E-state index contributed by atoms with van der Waals surface area (Å²) >= 11 is 6.13. The van der Waals surface area contributed by atoms with Crippen molar-refractivity contribution in [2.75, 3.05) is 19.0 Å². The molecule has 152 valence electrons. The molecule has 0 aliphatic carbocycles. The fourth-order valence-electron chi connectivity index (χ4n) is 3.26. The molecule has 0 fully saturated rings. The van der Waals surface area contributed by atoms with Gasteiger partial charge >= 0.3 is 0 Å². The number of aryl methyl sites for hydroxylation is 2. The molecule has 0 bridgehead atoms. The first-order chi connectivity index (χ1) is 13.8. The second-order valence-electron chi connectivity index (χ2n) is 6.77. The summed E-state index contributed by atoms with van der Waals surface area (Å²) in [6.07, 6.45) is 3.28. The van der Waals surface area contributed by atoms with Crippen molar-refractivity contribution >= 4 is 39.7 Å². The minimum atomic E-state index is -0.257. The molecule has 0 saturated heterocycles. The number of amides is 1. The lowest BCUT2D eigenvalue weighted by Crippen LogP contribution is -2.09. The number of hydrogen-bond donors (Lipinski definition) is 1. The van der Waals surface area contributed by atoms with Crippen molar-refractivity contribution in [2.24, 2.45) is 0 Å². The van der Waals surface area contributed by atoms with Crippen molar-refractivity contribution in [3.8, 4) is 11.5 Å². The molecule has 1 heterocycles. The van der Waals surface area contributed by atoms with E-state index in [9.17, 15) is 4.79 Å². The van der Waals surface area contributed by atoms with Crippen LogP contribution in [0, 0.1) is 13.8 Å². The monoisotopic (exact) mass is 413 g/mol. The number of furan rings is 1. The number of halogens is 1. The summed E-state index contributed by atoms with van der Waals surface area (Å²) in [5.41, 5.74) is 5.01. The number of carbonyl (C=O) groups excluding carboxylic acids is 1. The summed E-state index contributed by atoms with van der Waals surface area (Å²) in [4.78, 5) is 12.6. The van der Waals surface area contributed by atoms with Gasteiger partial charge in [-0.15, -0.1) is 0 Å². The minimum Gasteiger partial charge on any atom is -0.495 e. The molecular formula is C23H24ClNO4. The van der Waals surface area contributed by atoms with Gasteiger partial charge in [0, 0.05) is 28.3 Å². The van der Waals surface area contributed by atoms with E-state index < -0.39 is 0 Å². The molecule has 0 radical (unpaired) electrons. The van der Waals surface area contributed by atoms with Gasteiger partial charge < -0.3 is 19.2 Å². The average Bonchev–Trinajstić information content (AvgIpc) is 3.05. The molecule has 3 aromatic rings. The molecule has 1 N–H and O–H groups in total. The van der Waals surface area contributed by atoms with E-state index in [4.69, 9.17) is 25.5 Å². The number of rotatable bonds is 6. The fourth-order valence-corrected chi connectivity index (χ4v) is 3.52. The molecule has 6 heteroatoms. The van der Waals surface area contributed by atoms with Crippen molar-refractivity contribution in [3.63, 3.8) is 0 Å². The summed E-state index contributed by atoms with van der Waals surface area (Å²) in [6.45, 7) is 8.29. The summed E-state index contributed by atoms with van der Waals surface area (Å²) in [5, 5.41) is 4.27. The maximum atomic E-state index is 12.6. The van der Waals surface area contributed by atoms with Crippen molar-refractivity contribution < 1.29 is 18.7 Å². The molecule has 2 aromatic carbocycles. The van der Waals surface area contributed by atoms with Crippen molar-refractivity contribution in [1.29, 1.82) is 0 Å². The van der Waals surface area contributed by atoms with Gasteiger partial charge in [0.05, 0.1) is 25.0 Å². The van der Waals surface area contributed by atoms with Gasteiger partial charge in [-0.1, -0.05) is 11.6 Å². The molecule has 1 aromatic heterocycles. The summed E-state index contributed by atoms with van der Waals surface area (Å²) in [5.74, 6) is 1.02. The van der Waals surface area contributed by atoms with Crippen LogP contribution >= 0.6 is 11.6 Å². The third-order valence-corrected chi connectivity index (χ3v) is 5.01. The van der Waals surface area contributed by atoms with E-state index in [1.807, 2.05) is 33.8 Å². The van der Waals surface area contributed by atoms with Crippen molar-refractivity contribution in [2.45, 2.75) is 27.7 Å². The van der Waals surface area contributed by atoms with Crippen LogP contribution < -0.4 is 14.8 Å². The van der Waals surface area contributed by atoms with Crippen LogP contribution in [0.15, 0.2) is 41.0 Å². The molecule has 0 atom stereocenters. The highest BCUT2D eigenvalue weighted by molar-refractivity contribution is 6.32. The van der Waals surface area contributed by atoms with E-state index >= 15 is 0 Å². The summed E-state index contributed by atoms with van der Waals surface area (Å²) < 4.78 is 16.7. The van der Waals surface area contributed by atoms with Crippen LogP contribution in [0.1, 0.15) is 30.5 Å². The van der Waals surface area contributed by atoms with Gasteiger partial charge in [-0.25, -0.2) is 0 Å². The van der Waals surface area contributed by atoms with Crippen LogP contribution in [0.2, 0.25) is 5.02 Å². The third kappa shape index (κ3) is 4.25. The zero-order chi connectivity index (χ0) is 21.1. The summed E-state index contributed by atoms with van der Waals surface area (Å²) in [6, 6.07) is 7.11. The number of nitrogens with one attached hydrogen (secondary N) is 1. The lowest BCUT2D eigenvalue weighted by molar-refractivity contribution is -0.111. The number of anilines is 1. The molecule has 5 nitrogen and oxygen atoms in total. The molecule has 0 unspecified atom stereocenters. The Morgan fingerprint density at radius 3 is 2.69 bits per heavy atom. The number of carbonyl (C=O) groups is 1. The van der Waals surface area contributed by atoms with Crippen LogP contribution in [-0.4, -0.2) is 19.6 Å². The highest BCUT2D eigenvalue weighted by atomic mass is 35.5. The Morgan fingerprint density at radius 1 is 1.28 bits per heavy atom. The number of ether oxygens (including phenoxy) is 2. The van der Waals surface area contributed by atoms with Crippen molar-refractivity contribution in [1.82, 2.24) is 0 Å². The molecule has 0 aliphatic rings. The van der Waals surface area contributed by atoms with Gasteiger partial charge in [0.1, 0.15) is 17.1 Å². The molecular weight excluding hydrogens is 390 g/mol. The first-order valence-corrected chi connectivity index (χ1v) is 9.70. The fraction of sp³-hybridized carbons (Fsp3) is 0.261. The molecule has 1 amide bonds. The van der Waals surface area contributed by atoms with Gasteiger partial charge in [-0.3, -0.25) is 4.79 Å². The molecule has 29 heavy (non-hydrogen) atoms. The SMILES string of the molecule is CCOc1c(/C(C)=C/C(=O)Nc2ccc(OC)c(Cl)c2)cc2c(C)coc2c1C. The molecule has 0 saturated carbocycles. The number of allylic oxidation sites excluding steroid dienone is 1. The Kier molecular flexibility index (Phi) is 6.18. The van der Waals surface area contributed by atoms with Crippen LogP contribution in [0.3, 0.4) is 0 Å². The Hall–Kier alpha value is -2.92. The normalized spacial score (nSPS) is 11.6. The van der Waals surface area contributed by atoms with E-state index in [2.05, 4.69) is 5.32 Å². The smallest absolute Gasteiger partial charge is 0.248 e. The maximum absolute atomic E-state index is 12.6. The van der Waals surface area contributed by atoms with Gasteiger partial charge in [0.25, 0.3) is 0 Å².